The number of carboxylic acid groups (broad SMARTS) is 1. The van der Waals surface area contributed by atoms with Crippen LogP contribution in [0.3, 0.4) is 0 Å². The Balaban J connectivity index is 3.13. The third-order valence-corrected chi connectivity index (χ3v) is 2.08. The van der Waals surface area contributed by atoms with Gasteiger partial charge in [-0.2, -0.15) is 0 Å². The smallest absolute Gasteiger partial charge is 0.339 e. The predicted octanol–water partition coefficient (Wildman–Crippen LogP) is 0.385. The van der Waals surface area contributed by atoms with Crippen molar-refractivity contribution in [2.75, 3.05) is 13.7 Å². The van der Waals surface area contributed by atoms with E-state index >= 15 is 0 Å². The van der Waals surface area contributed by atoms with Crippen molar-refractivity contribution in [1.29, 1.82) is 0 Å². The molecule has 0 radical (unpaired) electrons. The predicted molar refractivity (Wildman–Crippen MR) is 54.0 cm³/mol. The summed E-state index contributed by atoms with van der Waals surface area (Å²) in [6.07, 6.45) is 0. The van der Waals surface area contributed by atoms with Crippen LogP contribution in [0.15, 0.2) is 18.2 Å². The van der Waals surface area contributed by atoms with Crippen molar-refractivity contribution in [3.63, 3.8) is 0 Å². The number of nitrogens with two attached hydrogens (primary N) is 1. The first-order valence-electron chi connectivity index (χ1n) is 4.37. The summed E-state index contributed by atoms with van der Waals surface area (Å²) in [5, 5.41) is 17.7. The van der Waals surface area contributed by atoms with E-state index in [1.54, 1.807) is 6.07 Å². The molecule has 0 bridgehead atoms. The molecular formula is C10H13NO4. The number of benzene rings is 1. The molecule has 1 atom stereocenters. The second-order valence-electron chi connectivity index (χ2n) is 3.05. The Hall–Kier alpha value is -1.59. The van der Waals surface area contributed by atoms with Gasteiger partial charge in [0.1, 0.15) is 11.3 Å². The van der Waals surface area contributed by atoms with E-state index in [0.717, 1.165) is 0 Å². The molecule has 0 saturated carbocycles. The summed E-state index contributed by atoms with van der Waals surface area (Å²) >= 11 is 0. The largest absolute Gasteiger partial charge is 0.496 e. The van der Waals surface area contributed by atoms with E-state index in [4.69, 9.17) is 20.7 Å². The Bertz CT molecular complexity index is 364. The van der Waals surface area contributed by atoms with Gasteiger partial charge in [-0.15, -0.1) is 0 Å². The van der Waals surface area contributed by atoms with E-state index in [2.05, 4.69) is 0 Å². The fraction of sp³-hybridized carbons (Fsp3) is 0.300. The molecule has 1 rings (SSSR count). The average molecular weight is 211 g/mol. The number of carboxylic acids is 1. The quantitative estimate of drug-likeness (QED) is 0.669. The molecule has 0 aliphatic heterocycles. The van der Waals surface area contributed by atoms with Crippen molar-refractivity contribution < 1.29 is 19.7 Å². The lowest BCUT2D eigenvalue weighted by Crippen LogP contribution is -2.15. The molecule has 5 heteroatoms. The van der Waals surface area contributed by atoms with Crippen molar-refractivity contribution >= 4 is 5.97 Å². The standard InChI is InChI=1S/C10H13NO4/c1-15-9-4-6(8(11)5-12)2-3-7(9)10(13)14/h2-4,8,12H,5,11H2,1H3,(H,13,14)/t8-/m0/s1. The third-order valence-electron chi connectivity index (χ3n) is 2.08. The van der Waals surface area contributed by atoms with E-state index in [1.807, 2.05) is 0 Å². The van der Waals surface area contributed by atoms with Crippen LogP contribution < -0.4 is 10.5 Å². The molecule has 0 saturated heterocycles. The highest BCUT2D eigenvalue weighted by atomic mass is 16.5. The van der Waals surface area contributed by atoms with Gasteiger partial charge < -0.3 is 20.7 Å². The van der Waals surface area contributed by atoms with E-state index in [0.29, 0.717) is 5.56 Å². The zero-order valence-electron chi connectivity index (χ0n) is 8.30. The van der Waals surface area contributed by atoms with Crippen molar-refractivity contribution in [2.45, 2.75) is 6.04 Å². The highest BCUT2D eigenvalue weighted by Gasteiger charge is 2.13. The summed E-state index contributed by atoms with van der Waals surface area (Å²) in [7, 11) is 1.38. The molecular weight excluding hydrogens is 198 g/mol. The molecule has 1 aromatic carbocycles. The van der Waals surface area contributed by atoms with Gasteiger partial charge in [0, 0.05) is 0 Å². The summed E-state index contributed by atoms with van der Waals surface area (Å²) in [4.78, 5) is 10.8. The van der Waals surface area contributed by atoms with Crippen LogP contribution in [0.1, 0.15) is 22.0 Å². The van der Waals surface area contributed by atoms with E-state index in [9.17, 15) is 4.79 Å². The summed E-state index contributed by atoms with van der Waals surface area (Å²) in [6.45, 7) is -0.199. The topological polar surface area (TPSA) is 92.8 Å². The second kappa shape index (κ2) is 4.77. The van der Waals surface area contributed by atoms with Crippen LogP contribution in [0.25, 0.3) is 0 Å². The van der Waals surface area contributed by atoms with Gasteiger partial charge in [-0.3, -0.25) is 0 Å². The van der Waals surface area contributed by atoms with Crippen LogP contribution in [0, 0.1) is 0 Å². The molecule has 0 aliphatic carbocycles. The molecule has 0 amide bonds. The average Bonchev–Trinajstić information content (AvgIpc) is 2.26. The number of methoxy groups -OCH3 is 1. The van der Waals surface area contributed by atoms with Crippen molar-refractivity contribution in [1.82, 2.24) is 0 Å². The number of aliphatic hydroxyl groups is 1. The molecule has 15 heavy (non-hydrogen) atoms. The third kappa shape index (κ3) is 2.45. The van der Waals surface area contributed by atoms with Crippen molar-refractivity contribution in [3.8, 4) is 5.75 Å². The van der Waals surface area contributed by atoms with Gasteiger partial charge in [0.15, 0.2) is 0 Å². The minimum Gasteiger partial charge on any atom is -0.496 e. The summed E-state index contributed by atoms with van der Waals surface area (Å²) in [5.41, 5.74) is 6.30. The van der Waals surface area contributed by atoms with Gasteiger partial charge in [-0.25, -0.2) is 4.79 Å². The first kappa shape index (κ1) is 11.5. The van der Waals surface area contributed by atoms with Crippen LogP contribution in [0.5, 0.6) is 5.75 Å². The fourth-order valence-electron chi connectivity index (χ4n) is 1.22. The lowest BCUT2D eigenvalue weighted by atomic mass is 10.1. The van der Waals surface area contributed by atoms with Crippen molar-refractivity contribution in [2.24, 2.45) is 5.73 Å². The van der Waals surface area contributed by atoms with Crippen LogP contribution in [-0.4, -0.2) is 29.9 Å². The lowest BCUT2D eigenvalue weighted by Gasteiger charge is -2.11. The monoisotopic (exact) mass is 211 g/mol. The molecule has 5 nitrogen and oxygen atoms in total. The lowest BCUT2D eigenvalue weighted by molar-refractivity contribution is 0.0693. The van der Waals surface area contributed by atoms with Gasteiger partial charge >= 0.3 is 5.97 Å². The Kier molecular flexibility index (Phi) is 3.65. The van der Waals surface area contributed by atoms with Crippen LogP contribution in [-0.2, 0) is 0 Å². The van der Waals surface area contributed by atoms with Gasteiger partial charge in [0.2, 0.25) is 0 Å². The molecule has 0 heterocycles. The fourth-order valence-corrected chi connectivity index (χ4v) is 1.22. The van der Waals surface area contributed by atoms with E-state index in [1.165, 1.54) is 19.2 Å². The van der Waals surface area contributed by atoms with Crippen molar-refractivity contribution in [3.05, 3.63) is 29.3 Å². The first-order chi connectivity index (χ1) is 7.10. The molecule has 0 aromatic heterocycles. The molecule has 4 N–H and O–H groups in total. The maximum atomic E-state index is 10.8. The molecule has 82 valence electrons. The number of rotatable bonds is 4. The highest BCUT2D eigenvalue weighted by molar-refractivity contribution is 5.91. The summed E-state index contributed by atoms with van der Waals surface area (Å²) in [5.74, 6) is -0.820. The van der Waals surface area contributed by atoms with Gasteiger partial charge in [-0.05, 0) is 17.7 Å². The summed E-state index contributed by atoms with van der Waals surface area (Å²) < 4.78 is 4.92. The van der Waals surface area contributed by atoms with Gasteiger partial charge in [-0.1, -0.05) is 6.07 Å². The number of aromatic carboxylic acids is 1. The molecule has 0 spiro atoms. The van der Waals surface area contributed by atoms with Gasteiger partial charge in [0.05, 0.1) is 19.8 Å². The molecule has 0 unspecified atom stereocenters. The van der Waals surface area contributed by atoms with Crippen LogP contribution in [0.4, 0.5) is 0 Å². The van der Waals surface area contributed by atoms with Crippen LogP contribution >= 0.6 is 0 Å². The number of hydrogen-bond donors (Lipinski definition) is 3. The number of aliphatic hydroxyl groups excluding tert-OH is 1. The van der Waals surface area contributed by atoms with Gasteiger partial charge in [0.25, 0.3) is 0 Å². The summed E-state index contributed by atoms with van der Waals surface area (Å²) in [6, 6.07) is 3.96. The highest BCUT2D eigenvalue weighted by Crippen LogP contribution is 2.22. The Morgan fingerprint density at radius 2 is 2.27 bits per heavy atom. The second-order valence-corrected chi connectivity index (χ2v) is 3.05. The first-order valence-corrected chi connectivity index (χ1v) is 4.37. The maximum Gasteiger partial charge on any atom is 0.339 e. The minimum absolute atomic E-state index is 0.0754. The zero-order valence-corrected chi connectivity index (χ0v) is 8.30. The number of hydrogen-bond acceptors (Lipinski definition) is 4. The SMILES string of the molecule is COc1cc([C@@H](N)CO)ccc1C(=O)O. The Morgan fingerprint density at radius 1 is 1.60 bits per heavy atom. The number of carbonyl (C=O) groups is 1. The van der Waals surface area contributed by atoms with E-state index in [-0.39, 0.29) is 17.9 Å². The molecule has 1 aromatic rings. The Labute approximate surface area is 87.1 Å². The number of ether oxygens (including phenoxy) is 1. The maximum absolute atomic E-state index is 10.8. The Morgan fingerprint density at radius 3 is 2.73 bits per heavy atom. The molecule has 0 aliphatic rings. The minimum atomic E-state index is -1.06. The zero-order chi connectivity index (χ0) is 11.4. The van der Waals surface area contributed by atoms with E-state index < -0.39 is 12.0 Å². The van der Waals surface area contributed by atoms with Crippen LogP contribution in [0.2, 0.25) is 0 Å². The molecule has 0 fully saturated rings. The normalized spacial score (nSPS) is 12.2.